The van der Waals surface area contributed by atoms with E-state index < -0.39 is 0 Å². The topological polar surface area (TPSA) is 215 Å². The van der Waals surface area contributed by atoms with Gasteiger partial charge >= 0.3 is 0 Å². The standard InChI is InChI=1S/C15H17NOS.C14H16N2OS.C14H15NOS.C13H14N2OS.2C11H17NOS.2C10H15NOS.5CH4/c1-16-9-14-15-12(7-8-17-14)13(10-18-15)11-5-3-2-4-6-11;1-15-8-13-14-11(4-7-17-13)12(9-18-14)10-2-5-16-6-3-10;15-8-13-14-11(6-7-16-13)12(9-17-14)10-4-2-1-3-5-10;14-7-12-13-10(3-6-16-12)11(8-17-13)9-1-4-15-5-2-9;2*1-8(2)12-7-10-11-9(3-5-13-10)4-6-14-11;1-11(2)7-9-10-8(3-5-12-9)4-6-13-10;1-7-6-13-10-8(7)3-4-12-9(10)5-11-2;;;;;/h2-6,10,14,16H,7-9H2,1H3;2-3,5-6,9,13,15H,4,7-8H2,1H3;1-5,9,13H,6-8,15H2;1-2,4-5,8,12H,3,6-7,14H2;2*4,6,8,10,12H,3,5,7H2,1-2H3;4,6,9H,3,5,7H2,1-2H3;6,9,11H,3-5H2,1-2H3;5*1H4/t;;;;2*10-;;;;;;;/m....10......./s1. The fourth-order valence-corrected chi connectivity index (χ4v) is 25.3. The van der Waals surface area contributed by atoms with Gasteiger partial charge in [-0.25, -0.2) is 0 Å². The number of fused-ring (bicyclic) bond motifs is 8. The summed E-state index contributed by atoms with van der Waals surface area (Å²) in [6.45, 7) is 24.2. The maximum absolute atomic E-state index is 5.84. The number of hydrogen-bond donors (Lipinski definition) is 7. The van der Waals surface area contributed by atoms with Crippen molar-refractivity contribution in [2.24, 2.45) is 11.5 Å². The van der Waals surface area contributed by atoms with Crippen LogP contribution in [-0.4, -0.2) is 167 Å². The van der Waals surface area contributed by atoms with Crippen LogP contribution in [-0.2, 0) is 89.3 Å². The highest BCUT2D eigenvalue weighted by Crippen LogP contribution is 2.45. The molecule has 0 radical (unpaired) electrons. The predicted octanol–water partition coefficient (Wildman–Crippen LogP) is 23.0. The second kappa shape index (κ2) is 56.1. The van der Waals surface area contributed by atoms with Gasteiger partial charge in [-0.1, -0.05) is 125 Å². The molecule has 8 aliphatic rings. The van der Waals surface area contributed by atoms with E-state index in [2.05, 4.69) is 230 Å². The lowest BCUT2D eigenvalue weighted by atomic mass is 9.98. The van der Waals surface area contributed by atoms with E-state index in [-0.39, 0.29) is 79.9 Å². The monoisotopic (exact) mass is 1910 g/mol. The summed E-state index contributed by atoms with van der Waals surface area (Å²) < 4.78 is 46.0. The first-order valence-electron chi connectivity index (χ1n) is 43.7. The van der Waals surface area contributed by atoms with Crippen molar-refractivity contribution in [3.63, 3.8) is 0 Å². The fraction of sp³-hybridized carbons (Fsp3) is 0.476. The van der Waals surface area contributed by atoms with Crippen LogP contribution < -0.4 is 38.1 Å². The molecule has 6 unspecified atom stereocenters. The van der Waals surface area contributed by atoms with Gasteiger partial charge in [0.1, 0.15) is 48.8 Å². The largest absolute Gasteiger partial charge is 0.371 e. The number of nitrogens with two attached hydrogens (primary N) is 2. The highest BCUT2D eigenvalue weighted by Gasteiger charge is 2.32. The van der Waals surface area contributed by atoms with E-state index in [1.807, 2.05) is 120 Å². The lowest BCUT2D eigenvalue weighted by molar-refractivity contribution is 0.0283. The maximum Gasteiger partial charge on any atom is 0.105 e. The first-order valence-corrected chi connectivity index (χ1v) is 50.7. The summed E-state index contributed by atoms with van der Waals surface area (Å²) >= 11 is 14.5. The second-order valence-corrected chi connectivity index (χ2v) is 39.7. The summed E-state index contributed by atoms with van der Waals surface area (Å²) in [5.74, 6) is 0. The van der Waals surface area contributed by atoms with E-state index in [4.69, 9.17) is 49.4 Å². The SMILES string of the molecule is C.C.C.C.C.CC(C)NC[C@@H]1OCCc2ccsc21.CC(C)NC[C@H]1OCCc2ccsc21.CN(C)CC1OCCc2ccsc21.CNCC1OCCc2c(-c3ccccc3)csc21.CNCC1OCCc2c(-c3ccncc3)csc21.CNCC1OCCc2c(C)csc21.NCC1OCCc2c(-c3ccccc3)csc21.NCC1OCCc2c(-c3ccncc3)csc21. The Balaban J connectivity index is 0.000000182. The normalized spacial score (nSPS) is 19.2. The van der Waals surface area contributed by atoms with Gasteiger partial charge in [0.25, 0.3) is 0 Å². The number of benzene rings is 2. The third-order valence-electron chi connectivity index (χ3n) is 22.7. The molecular weight excluding hydrogens is 1760 g/mol. The van der Waals surface area contributed by atoms with Gasteiger partial charge in [0, 0.05) is 128 Å². The minimum atomic E-state index is 0. The van der Waals surface area contributed by atoms with Gasteiger partial charge in [-0.05, 0) is 274 Å². The van der Waals surface area contributed by atoms with Crippen molar-refractivity contribution in [2.75, 3.05) is 140 Å². The molecule has 18 heterocycles. The number of pyridine rings is 2. The molecule has 26 heteroatoms. The van der Waals surface area contributed by atoms with Crippen molar-refractivity contribution in [1.82, 2.24) is 41.5 Å². The Labute approximate surface area is 804 Å². The van der Waals surface area contributed by atoms with Gasteiger partial charge in [-0.15, -0.1) is 90.7 Å². The third kappa shape index (κ3) is 29.4. The highest BCUT2D eigenvalue weighted by atomic mass is 32.1. The Hall–Kier alpha value is -6.30. The van der Waals surface area contributed by atoms with Gasteiger partial charge in [-0.2, -0.15) is 0 Å². The van der Waals surface area contributed by atoms with Crippen LogP contribution >= 0.6 is 90.7 Å². The number of aryl methyl sites for hydroxylation is 1. The number of ether oxygens (including phenoxy) is 8. The molecule has 0 fully saturated rings. The van der Waals surface area contributed by atoms with Gasteiger partial charge in [0.2, 0.25) is 0 Å². The van der Waals surface area contributed by atoms with Crippen LogP contribution in [0.15, 0.2) is 171 Å². The summed E-state index contributed by atoms with van der Waals surface area (Å²) in [4.78, 5) is 21.4. The number of likely N-dealkylation sites (N-methyl/N-ethyl adjacent to an activating group) is 4. The van der Waals surface area contributed by atoms with Crippen LogP contribution in [0.1, 0.15) is 203 Å². The number of rotatable bonds is 20. The summed E-state index contributed by atoms with van der Waals surface area (Å²) in [6, 6.07) is 37.2. The van der Waals surface area contributed by atoms with E-state index in [1.54, 1.807) is 22.7 Å². The summed E-state index contributed by atoms with van der Waals surface area (Å²) in [5.41, 5.74) is 35.2. The Bertz CT molecular complexity index is 4830. The summed E-state index contributed by atoms with van der Waals surface area (Å²) in [7, 11) is 10.1. The molecule has 0 saturated carbocycles. The number of nitrogens with zero attached hydrogens (tertiary/aromatic N) is 3. The molecule has 0 amide bonds. The van der Waals surface area contributed by atoms with Crippen LogP contribution in [0, 0.1) is 6.92 Å². The Kier molecular flexibility index (Phi) is 47.0. The van der Waals surface area contributed by atoms with Gasteiger partial charge in [-0.3, -0.25) is 9.97 Å². The van der Waals surface area contributed by atoms with Gasteiger partial charge in [0.15, 0.2) is 0 Å². The van der Waals surface area contributed by atoms with Crippen molar-refractivity contribution >= 4 is 90.7 Å². The van der Waals surface area contributed by atoms with Crippen molar-refractivity contribution in [3.8, 4) is 44.5 Å². The molecule has 0 bridgehead atoms. The lowest BCUT2D eigenvalue weighted by Gasteiger charge is -2.25. The van der Waals surface area contributed by atoms with Crippen LogP contribution in [0.5, 0.6) is 0 Å². The Morgan fingerprint density at radius 1 is 0.333 bits per heavy atom. The molecular formula is C103H146N10O8S8. The molecule has 704 valence electrons. The number of hydrogen-bond acceptors (Lipinski definition) is 26. The highest BCUT2D eigenvalue weighted by molar-refractivity contribution is 7.12. The quantitative estimate of drug-likeness (QED) is 0.0378. The van der Waals surface area contributed by atoms with E-state index in [0.29, 0.717) is 31.3 Å². The zero-order valence-electron chi connectivity index (χ0n) is 73.5. The first kappa shape index (κ1) is 108. The third-order valence-corrected chi connectivity index (χ3v) is 31.5. The lowest BCUT2D eigenvalue weighted by Crippen LogP contribution is -2.30. The van der Waals surface area contributed by atoms with E-state index >= 15 is 0 Å². The van der Waals surface area contributed by atoms with Crippen molar-refractivity contribution in [2.45, 2.75) is 184 Å². The van der Waals surface area contributed by atoms with Crippen molar-refractivity contribution in [1.29, 1.82) is 0 Å². The minimum Gasteiger partial charge on any atom is -0.371 e. The molecule has 8 aliphatic heterocycles. The minimum absolute atomic E-state index is 0. The summed E-state index contributed by atoms with van der Waals surface area (Å²) in [5, 5.41) is 34.1. The molecule has 18 nitrogen and oxygen atoms in total. The van der Waals surface area contributed by atoms with Gasteiger partial charge in [0.05, 0.1) is 52.9 Å². The van der Waals surface area contributed by atoms with E-state index in [1.165, 1.54) is 134 Å². The van der Waals surface area contributed by atoms with Crippen LogP contribution in [0.2, 0.25) is 0 Å². The Morgan fingerprint density at radius 3 is 0.922 bits per heavy atom. The smallest absolute Gasteiger partial charge is 0.105 e. The zero-order chi connectivity index (χ0) is 86.5. The predicted molar refractivity (Wildman–Crippen MR) is 554 cm³/mol. The Morgan fingerprint density at radius 2 is 0.605 bits per heavy atom. The zero-order valence-corrected chi connectivity index (χ0v) is 80.0. The molecule has 10 aromatic heterocycles. The molecule has 0 spiro atoms. The first-order chi connectivity index (χ1) is 60.7. The number of thiophene rings is 8. The maximum atomic E-state index is 5.84. The molecule has 20 rings (SSSR count). The fourth-order valence-electron chi connectivity index (χ4n) is 16.4. The van der Waals surface area contributed by atoms with Crippen LogP contribution in [0.25, 0.3) is 44.5 Å². The van der Waals surface area contributed by atoms with Gasteiger partial charge < -0.3 is 80.8 Å². The molecule has 2 aromatic carbocycles. The molecule has 12 aromatic rings. The van der Waals surface area contributed by atoms with Crippen LogP contribution in [0.3, 0.4) is 0 Å². The van der Waals surface area contributed by atoms with Crippen LogP contribution in [0.4, 0.5) is 0 Å². The summed E-state index contributed by atoms with van der Waals surface area (Å²) in [6.07, 6.45) is 17.5. The molecule has 9 N–H and O–H groups in total. The number of aromatic nitrogens is 2. The van der Waals surface area contributed by atoms with E-state index in [9.17, 15) is 0 Å². The molecule has 129 heavy (non-hydrogen) atoms. The van der Waals surface area contributed by atoms with Crippen molar-refractivity contribution in [3.05, 3.63) is 260 Å². The second-order valence-electron chi connectivity index (χ2n) is 32.3. The van der Waals surface area contributed by atoms with Crippen molar-refractivity contribution < 1.29 is 37.9 Å². The van der Waals surface area contributed by atoms with E-state index in [0.717, 1.165) is 143 Å². The molecule has 0 saturated heterocycles. The molecule has 0 aliphatic carbocycles. The molecule has 8 atom stereocenters. The average molecular weight is 1910 g/mol. The average Bonchev–Trinajstić information content (AvgIpc) is 1.65. The number of nitrogens with one attached hydrogen (secondary N) is 5.